The lowest BCUT2D eigenvalue weighted by atomic mass is 9.90. The van der Waals surface area contributed by atoms with Gasteiger partial charge in [0.1, 0.15) is 11.9 Å². The van der Waals surface area contributed by atoms with Crippen molar-refractivity contribution in [3.05, 3.63) is 125 Å². The lowest BCUT2D eigenvalue weighted by Gasteiger charge is -2.18. The first-order chi connectivity index (χ1) is 23.5. The summed E-state index contributed by atoms with van der Waals surface area (Å²) in [4.78, 5) is 13.7. The smallest absolute Gasteiger partial charge is 0.339 e. The van der Waals surface area contributed by atoms with Crippen molar-refractivity contribution in [2.75, 3.05) is 44.0 Å². The van der Waals surface area contributed by atoms with Crippen LogP contribution in [0, 0.1) is 0 Å². The first kappa shape index (κ1) is 31.3. The molecule has 5 aromatic carbocycles. The Balaban J connectivity index is 1.23. The van der Waals surface area contributed by atoms with E-state index in [9.17, 15) is 4.79 Å². The number of nitrogens with one attached hydrogen (secondary N) is 1. The Kier molecular flexibility index (Phi) is 8.78. The Morgan fingerprint density at radius 2 is 1.56 bits per heavy atom. The highest BCUT2D eigenvalue weighted by Gasteiger charge is 2.37. The van der Waals surface area contributed by atoms with Crippen LogP contribution in [0.2, 0.25) is 0 Å². The maximum atomic E-state index is 13.7. The van der Waals surface area contributed by atoms with Crippen molar-refractivity contribution in [1.29, 1.82) is 0 Å². The van der Waals surface area contributed by atoms with Crippen LogP contribution in [0.15, 0.2) is 103 Å². The summed E-state index contributed by atoms with van der Waals surface area (Å²) < 4.78 is 34.1. The maximum Gasteiger partial charge on any atom is 0.339 e. The summed E-state index contributed by atoms with van der Waals surface area (Å²) in [6, 6.07) is 32.6. The lowest BCUT2D eigenvalue weighted by Crippen LogP contribution is -2.15. The third kappa shape index (κ3) is 5.86. The van der Waals surface area contributed by atoms with Gasteiger partial charge in [0.2, 0.25) is 5.75 Å². The number of ether oxygens (including phenoxy) is 5. The molecule has 244 valence electrons. The Morgan fingerprint density at radius 3 is 2.29 bits per heavy atom. The zero-order chi connectivity index (χ0) is 33.2. The van der Waals surface area contributed by atoms with E-state index >= 15 is 0 Å². The number of hydrogen-bond acceptors (Lipinski definition) is 9. The monoisotopic (exact) mass is 660 g/mol. The molecule has 48 heavy (non-hydrogen) atoms. The highest BCUT2D eigenvalue weighted by molar-refractivity contribution is 8.02. The molecule has 0 fully saturated rings. The van der Waals surface area contributed by atoms with E-state index in [-0.39, 0.29) is 5.97 Å². The quantitative estimate of drug-likeness (QED) is 0.111. The van der Waals surface area contributed by atoms with Gasteiger partial charge in [0.25, 0.3) is 0 Å². The van der Waals surface area contributed by atoms with Crippen molar-refractivity contribution in [2.45, 2.75) is 18.9 Å². The topological polar surface area (TPSA) is 78.5 Å². The van der Waals surface area contributed by atoms with E-state index in [2.05, 4.69) is 57.6 Å². The third-order valence-electron chi connectivity index (χ3n) is 8.89. The zero-order valence-corrected chi connectivity index (χ0v) is 28.1. The van der Waals surface area contributed by atoms with Crippen LogP contribution in [0.5, 0.6) is 23.0 Å². The summed E-state index contributed by atoms with van der Waals surface area (Å²) in [5.74, 6) is 1.96. The van der Waals surface area contributed by atoms with Crippen LogP contribution in [0.3, 0.4) is 0 Å². The van der Waals surface area contributed by atoms with Gasteiger partial charge in [-0.1, -0.05) is 60.7 Å². The molecule has 1 atom stereocenters. The minimum Gasteiger partial charge on any atom is -0.497 e. The molecule has 9 heteroatoms. The van der Waals surface area contributed by atoms with Crippen molar-refractivity contribution < 1.29 is 28.5 Å². The number of methoxy groups -OCH3 is 4. The molecule has 0 saturated heterocycles. The first-order valence-electron chi connectivity index (χ1n) is 15.7. The molecule has 8 nitrogen and oxygen atoms in total. The average Bonchev–Trinajstić information content (AvgIpc) is 3.69. The summed E-state index contributed by atoms with van der Waals surface area (Å²) in [6.45, 7) is 0.828. The van der Waals surface area contributed by atoms with E-state index in [0.29, 0.717) is 29.2 Å². The van der Waals surface area contributed by atoms with Crippen molar-refractivity contribution in [2.24, 2.45) is 0 Å². The number of carbonyl (C=O) groups excluding carboxylic acids is 1. The second kappa shape index (κ2) is 13.4. The molecular weight excluding hydrogens is 625 g/mol. The van der Waals surface area contributed by atoms with Gasteiger partial charge in [-0.3, -0.25) is 4.31 Å². The number of fused-ring (bicyclic) bond motifs is 2. The first-order valence-corrected chi connectivity index (χ1v) is 16.5. The molecule has 2 aliphatic heterocycles. The van der Waals surface area contributed by atoms with Crippen LogP contribution in [0.4, 0.5) is 11.4 Å². The lowest BCUT2D eigenvalue weighted by molar-refractivity contribution is -0.138. The molecular formula is C39H36N2O6S. The average molecular weight is 661 g/mol. The molecule has 1 N–H and O–H groups in total. The SMILES string of the molecule is COc1ccc(C2OC(=O)C(c3ccc4c(c3)NSN4CCc3cccc4ccccc34)=C2Cc2cc(OC)c(OC)c(OC)c2)cc1. The van der Waals surface area contributed by atoms with Crippen LogP contribution < -0.4 is 28.0 Å². The Labute approximate surface area is 284 Å². The number of esters is 1. The fourth-order valence-corrected chi connectivity index (χ4v) is 7.34. The van der Waals surface area contributed by atoms with Gasteiger partial charge >= 0.3 is 5.97 Å². The van der Waals surface area contributed by atoms with Crippen LogP contribution in [-0.2, 0) is 22.4 Å². The molecule has 7 rings (SSSR count). The molecule has 2 aliphatic rings. The second-order valence-corrected chi connectivity index (χ2v) is 12.4. The number of rotatable bonds is 11. The van der Waals surface area contributed by atoms with Gasteiger partial charge in [-0.2, -0.15) is 0 Å². The number of carbonyl (C=O) groups is 1. The Hall–Kier alpha value is -5.28. The van der Waals surface area contributed by atoms with Gasteiger partial charge in [-0.05, 0) is 87.8 Å². The number of nitrogens with zero attached hydrogens (tertiary/aromatic N) is 1. The molecule has 2 heterocycles. The van der Waals surface area contributed by atoms with Gasteiger partial charge in [-0.15, -0.1) is 0 Å². The fourth-order valence-electron chi connectivity index (χ4n) is 6.53. The Morgan fingerprint density at radius 1 is 0.812 bits per heavy atom. The van der Waals surface area contributed by atoms with Crippen LogP contribution in [0.1, 0.15) is 28.4 Å². The molecule has 0 saturated carbocycles. The molecule has 0 amide bonds. The second-order valence-electron chi connectivity index (χ2n) is 11.6. The van der Waals surface area contributed by atoms with Crippen LogP contribution in [-0.4, -0.2) is 41.0 Å². The van der Waals surface area contributed by atoms with Crippen LogP contribution >= 0.6 is 12.1 Å². The van der Waals surface area contributed by atoms with Crippen molar-refractivity contribution >= 4 is 45.8 Å². The van der Waals surface area contributed by atoms with E-state index in [4.69, 9.17) is 23.7 Å². The van der Waals surface area contributed by atoms with E-state index in [1.807, 2.05) is 48.5 Å². The molecule has 0 aliphatic carbocycles. The Bertz CT molecular complexity index is 2000. The van der Waals surface area contributed by atoms with Gasteiger partial charge in [0.15, 0.2) is 11.5 Å². The number of anilines is 2. The zero-order valence-electron chi connectivity index (χ0n) is 27.2. The van der Waals surface area contributed by atoms with Gasteiger partial charge < -0.3 is 28.4 Å². The largest absolute Gasteiger partial charge is 0.497 e. The number of cyclic esters (lactones) is 1. The fraction of sp³-hybridized carbons (Fsp3) is 0.205. The summed E-state index contributed by atoms with van der Waals surface area (Å²) in [5.41, 5.74) is 7.29. The molecule has 0 aromatic heterocycles. The minimum absolute atomic E-state index is 0.364. The standard InChI is InChI=1S/C39H36N2O6S/c1-43-29-15-12-27(13-16-29)37-31(20-24-21-34(44-2)38(46-4)35(22-24)45-3)36(39(42)47-37)28-14-17-33-32(23-28)40-48-41(33)19-18-26-10-7-9-25-8-5-6-11-30(25)26/h5-17,21-23,37,40H,18-20H2,1-4H3. The van der Waals surface area contributed by atoms with Gasteiger partial charge in [0, 0.05) is 6.54 Å². The van der Waals surface area contributed by atoms with Gasteiger partial charge in [0.05, 0.1) is 57.5 Å². The third-order valence-corrected chi connectivity index (χ3v) is 9.80. The molecule has 1 unspecified atom stereocenters. The van der Waals surface area contributed by atoms with E-state index in [0.717, 1.165) is 52.4 Å². The summed E-state index contributed by atoms with van der Waals surface area (Å²) >= 11 is 1.56. The van der Waals surface area contributed by atoms with E-state index < -0.39 is 6.10 Å². The highest BCUT2D eigenvalue weighted by Crippen LogP contribution is 2.47. The summed E-state index contributed by atoms with van der Waals surface area (Å²) in [6.07, 6.45) is 0.743. The maximum absolute atomic E-state index is 13.7. The van der Waals surface area contributed by atoms with Gasteiger partial charge in [-0.25, -0.2) is 4.79 Å². The number of hydrogen-bond donors (Lipinski definition) is 1. The number of benzene rings is 5. The highest BCUT2D eigenvalue weighted by atomic mass is 32.2. The molecule has 0 bridgehead atoms. The van der Waals surface area contributed by atoms with E-state index in [1.165, 1.54) is 16.3 Å². The predicted molar refractivity (Wildman–Crippen MR) is 191 cm³/mol. The minimum atomic E-state index is -0.578. The van der Waals surface area contributed by atoms with Crippen LogP contribution in [0.25, 0.3) is 16.3 Å². The van der Waals surface area contributed by atoms with Crippen molar-refractivity contribution in [3.63, 3.8) is 0 Å². The van der Waals surface area contributed by atoms with Crippen molar-refractivity contribution in [3.8, 4) is 23.0 Å². The normalized spacial score (nSPS) is 15.3. The molecule has 0 spiro atoms. The summed E-state index contributed by atoms with van der Waals surface area (Å²) in [5, 5.41) is 2.53. The summed E-state index contributed by atoms with van der Waals surface area (Å²) in [7, 11) is 6.39. The molecule has 0 radical (unpaired) electrons. The predicted octanol–water partition coefficient (Wildman–Crippen LogP) is 8.21. The van der Waals surface area contributed by atoms with E-state index in [1.54, 1.807) is 40.6 Å². The molecule has 5 aromatic rings. The van der Waals surface area contributed by atoms with Crippen molar-refractivity contribution in [1.82, 2.24) is 0 Å².